The first-order valence-electron chi connectivity index (χ1n) is 3.98. The molecule has 6 heteroatoms. The molecular weight excluding hydrogens is 184 g/mol. The Kier molecular flexibility index (Phi) is 2.76. The quantitative estimate of drug-likeness (QED) is 0.586. The number of nitrogens with zero attached hydrogens (tertiary/aromatic N) is 1. The number of hydrogen-bond donors (Lipinski definition) is 3. The van der Waals surface area contributed by atoms with Gasteiger partial charge in [0.25, 0.3) is 5.91 Å². The number of nitrogens with two attached hydrogens (primary N) is 2. The fourth-order valence-electron chi connectivity index (χ4n) is 1.05. The van der Waals surface area contributed by atoms with Crippen molar-refractivity contribution in [2.45, 2.75) is 0 Å². The van der Waals surface area contributed by atoms with Gasteiger partial charge in [-0.1, -0.05) is 0 Å². The Morgan fingerprint density at radius 1 is 1.57 bits per heavy atom. The molecule has 0 aliphatic carbocycles. The number of rotatable bonds is 3. The minimum Gasteiger partial charge on any atom is -0.397 e. The zero-order chi connectivity index (χ0) is 10.7. The Morgan fingerprint density at radius 3 is 2.64 bits per heavy atom. The Morgan fingerprint density at radius 2 is 2.21 bits per heavy atom. The zero-order valence-corrected chi connectivity index (χ0v) is 7.78. The molecule has 0 spiro atoms. The lowest BCUT2D eigenvalue weighted by Gasteiger charge is -2.13. The number of anilines is 1. The van der Waals surface area contributed by atoms with Crippen LogP contribution in [0.1, 0.15) is 10.5 Å². The van der Waals surface area contributed by atoms with E-state index in [9.17, 15) is 9.59 Å². The molecule has 1 aromatic rings. The fourth-order valence-corrected chi connectivity index (χ4v) is 1.05. The molecule has 1 heterocycles. The van der Waals surface area contributed by atoms with Gasteiger partial charge in [0.2, 0.25) is 5.91 Å². The lowest BCUT2D eigenvalue weighted by molar-refractivity contribution is -0.118. The van der Waals surface area contributed by atoms with E-state index in [1.807, 2.05) is 0 Å². The second-order valence-corrected chi connectivity index (χ2v) is 2.97. The van der Waals surface area contributed by atoms with E-state index in [0.29, 0.717) is 11.4 Å². The first-order chi connectivity index (χ1) is 6.50. The van der Waals surface area contributed by atoms with E-state index in [4.69, 9.17) is 11.5 Å². The van der Waals surface area contributed by atoms with Crippen LogP contribution in [0, 0.1) is 0 Å². The molecule has 0 radical (unpaired) electrons. The third-order valence-corrected chi connectivity index (χ3v) is 1.68. The third kappa shape index (κ3) is 2.25. The van der Waals surface area contributed by atoms with E-state index < -0.39 is 5.91 Å². The highest BCUT2D eigenvalue weighted by Crippen LogP contribution is 2.06. The first-order valence-corrected chi connectivity index (χ1v) is 3.98. The molecule has 5 N–H and O–H groups in total. The Balaban J connectivity index is 2.70. The SMILES string of the molecule is CN(CC(N)=O)C(=O)c1cc(N)c[nH]1. The van der Waals surface area contributed by atoms with Crippen molar-refractivity contribution in [3.63, 3.8) is 0 Å². The minimum absolute atomic E-state index is 0.113. The van der Waals surface area contributed by atoms with Crippen LogP contribution in [0.25, 0.3) is 0 Å². The fraction of sp³-hybridized carbons (Fsp3) is 0.250. The number of aromatic nitrogens is 1. The summed E-state index contributed by atoms with van der Waals surface area (Å²) >= 11 is 0. The number of nitrogens with one attached hydrogen (secondary N) is 1. The Hall–Kier alpha value is -1.98. The molecule has 0 aliphatic rings. The van der Waals surface area contributed by atoms with Crippen LogP contribution >= 0.6 is 0 Å². The minimum atomic E-state index is -0.555. The van der Waals surface area contributed by atoms with Gasteiger partial charge in [-0.2, -0.15) is 0 Å². The summed E-state index contributed by atoms with van der Waals surface area (Å²) in [5, 5.41) is 0. The number of hydrogen-bond acceptors (Lipinski definition) is 3. The number of amides is 2. The molecule has 1 aromatic heterocycles. The highest BCUT2D eigenvalue weighted by Gasteiger charge is 2.14. The van der Waals surface area contributed by atoms with E-state index in [1.165, 1.54) is 24.2 Å². The number of carbonyl (C=O) groups excluding carboxylic acids is 2. The van der Waals surface area contributed by atoms with Crippen LogP contribution in [-0.4, -0.2) is 35.3 Å². The summed E-state index contributed by atoms with van der Waals surface area (Å²) in [6.45, 7) is -0.113. The van der Waals surface area contributed by atoms with E-state index >= 15 is 0 Å². The summed E-state index contributed by atoms with van der Waals surface area (Å²) in [5.41, 5.74) is 11.2. The molecule has 0 unspecified atom stereocenters. The van der Waals surface area contributed by atoms with Gasteiger partial charge in [0.1, 0.15) is 5.69 Å². The summed E-state index contributed by atoms with van der Waals surface area (Å²) in [7, 11) is 1.49. The van der Waals surface area contributed by atoms with Gasteiger partial charge < -0.3 is 21.4 Å². The van der Waals surface area contributed by atoms with Gasteiger partial charge in [0.05, 0.1) is 6.54 Å². The average molecular weight is 196 g/mol. The van der Waals surface area contributed by atoms with E-state index in [-0.39, 0.29) is 12.5 Å². The van der Waals surface area contributed by atoms with Crippen LogP contribution < -0.4 is 11.5 Å². The third-order valence-electron chi connectivity index (χ3n) is 1.68. The van der Waals surface area contributed by atoms with Crippen molar-refractivity contribution < 1.29 is 9.59 Å². The molecular formula is C8H12N4O2. The van der Waals surface area contributed by atoms with Crippen LogP contribution in [0.2, 0.25) is 0 Å². The molecule has 14 heavy (non-hydrogen) atoms. The average Bonchev–Trinajstić information content (AvgIpc) is 2.49. The van der Waals surface area contributed by atoms with E-state index in [2.05, 4.69) is 4.98 Å². The molecule has 0 aromatic carbocycles. The summed E-state index contributed by atoms with van der Waals surface area (Å²) in [4.78, 5) is 26.0. The number of likely N-dealkylation sites (N-methyl/N-ethyl adjacent to an activating group) is 1. The van der Waals surface area contributed by atoms with Crippen LogP contribution in [0.15, 0.2) is 12.3 Å². The number of carbonyl (C=O) groups is 2. The molecule has 76 valence electrons. The normalized spacial score (nSPS) is 9.79. The topological polar surface area (TPSA) is 105 Å². The highest BCUT2D eigenvalue weighted by atomic mass is 16.2. The summed E-state index contributed by atoms with van der Waals surface area (Å²) < 4.78 is 0. The number of H-pyrrole nitrogens is 1. The second-order valence-electron chi connectivity index (χ2n) is 2.97. The van der Waals surface area contributed by atoms with Crippen molar-refractivity contribution >= 4 is 17.5 Å². The smallest absolute Gasteiger partial charge is 0.270 e. The molecule has 0 saturated heterocycles. The van der Waals surface area contributed by atoms with Gasteiger partial charge >= 0.3 is 0 Å². The van der Waals surface area contributed by atoms with Crippen molar-refractivity contribution in [3.05, 3.63) is 18.0 Å². The van der Waals surface area contributed by atoms with Crippen LogP contribution in [0.5, 0.6) is 0 Å². The monoisotopic (exact) mass is 196 g/mol. The number of aromatic amines is 1. The summed E-state index contributed by atoms with van der Waals surface area (Å²) in [6, 6.07) is 1.50. The standard InChI is InChI=1S/C8H12N4O2/c1-12(4-7(10)13)8(14)6-2-5(9)3-11-6/h2-3,11H,4,9H2,1H3,(H2,10,13). The van der Waals surface area contributed by atoms with Crippen molar-refractivity contribution in [2.75, 3.05) is 19.3 Å². The molecule has 0 saturated carbocycles. The van der Waals surface area contributed by atoms with E-state index in [1.54, 1.807) is 0 Å². The summed E-state index contributed by atoms with van der Waals surface area (Å²) in [6.07, 6.45) is 1.51. The first kappa shape index (κ1) is 10.1. The molecule has 6 nitrogen and oxygen atoms in total. The van der Waals surface area contributed by atoms with Gasteiger partial charge in [-0.25, -0.2) is 0 Å². The maximum Gasteiger partial charge on any atom is 0.270 e. The van der Waals surface area contributed by atoms with Crippen molar-refractivity contribution in [1.82, 2.24) is 9.88 Å². The van der Waals surface area contributed by atoms with Crippen LogP contribution in [-0.2, 0) is 4.79 Å². The van der Waals surface area contributed by atoms with E-state index in [0.717, 1.165) is 0 Å². The van der Waals surface area contributed by atoms with Gasteiger partial charge in [-0.3, -0.25) is 9.59 Å². The maximum atomic E-state index is 11.5. The molecule has 2 amide bonds. The molecule has 0 fully saturated rings. The summed E-state index contributed by atoms with van der Waals surface area (Å²) in [5.74, 6) is -0.874. The maximum absolute atomic E-state index is 11.5. The molecule has 0 bridgehead atoms. The zero-order valence-electron chi connectivity index (χ0n) is 7.78. The number of nitrogen functional groups attached to an aromatic ring is 1. The predicted molar refractivity (Wildman–Crippen MR) is 51.4 cm³/mol. The lowest BCUT2D eigenvalue weighted by atomic mass is 10.3. The molecule has 1 rings (SSSR count). The van der Waals surface area contributed by atoms with Gasteiger partial charge in [0.15, 0.2) is 0 Å². The van der Waals surface area contributed by atoms with Crippen molar-refractivity contribution in [1.29, 1.82) is 0 Å². The lowest BCUT2D eigenvalue weighted by Crippen LogP contribution is -2.35. The largest absolute Gasteiger partial charge is 0.397 e. The van der Waals surface area contributed by atoms with Crippen LogP contribution in [0.4, 0.5) is 5.69 Å². The van der Waals surface area contributed by atoms with Gasteiger partial charge in [-0.15, -0.1) is 0 Å². The second kappa shape index (κ2) is 3.82. The Labute approximate surface area is 80.9 Å². The Bertz CT molecular complexity index is 358. The number of primary amides is 1. The van der Waals surface area contributed by atoms with Gasteiger partial charge in [0, 0.05) is 18.9 Å². The highest BCUT2D eigenvalue weighted by molar-refractivity contribution is 5.95. The predicted octanol–water partition coefficient (Wildman–Crippen LogP) is -0.846. The van der Waals surface area contributed by atoms with Crippen molar-refractivity contribution in [3.8, 4) is 0 Å². The molecule has 0 aliphatic heterocycles. The molecule has 0 atom stereocenters. The van der Waals surface area contributed by atoms with Crippen LogP contribution in [0.3, 0.4) is 0 Å². The van der Waals surface area contributed by atoms with Crippen molar-refractivity contribution in [2.24, 2.45) is 5.73 Å². The van der Waals surface area contributed by atoms with Gasteiger partial charge in [-0.05, 0) is 6.07 Å².